The summed E-state index contributed by atoms with van der Waals surface area (Å²) in [5.74, 6) is 3.31. The fraction of sp³-hybridized carbons (Fsp3) is 0.516. The van der Waals surface area contributed by atoms with Crippen LogP contribution in [0.15, 0.2) is 18.7 Å². The van der Waals surface area contributed by atoms with Crippen molar-refractivity contribution in [3.63, 3.8) is 0 Å². The van der Waals surface area contributed by atoms with Crippen molar-refractivity contribution in [2.75, 3.05) is 48.1 Å². The van der Waals surface area contributed by atoms with E-state index in [1.165, 1.54) is 0 Å². The summed E-state index contributed by atoms with van der Waals surface area (Å²) in [6.45, 7) is 8.34. The normalized spacial score (nSPS) is 26.2. The Labute approximate surface area is 242 Å². The van der Waals surface area contributed by atoms with E-state index in [-0.39, 0.29) is 38.3 Å². The first-order valence-electron chi connectivity index (χ1n) is 14.3. The lowest BCUT2D eigenvalue weighted by Gasteiger charge is -2.59. The van der Waals surface area contributed by atoms with Crippen LogP contribution in [0.1, 0.15) is 45.5 Å². The molecule has 2 aromatic rings. The van der Waals surface area contributed by atoms with E-state index in [9.17, 15) is 5.26 Å². The predicted octanol–water partition coefficient (Wildman–Crippen LogP) is 3.35. The molecule has 2 bridgehead atoms. The highest BCUT2D eigenvalue weighted by atomic mass is 16.7. The molecule has 1 fully saturated rings. The van der Waals surface area contributed by atoms with Crippen molar-refractivity contribution < 1.29 is 33.5 Å². The third-order valence-electron chi connectivity index (χ3n) is 9.07. The van der Waals surface area contributed by atoms with Gasteiger partial charge in [0, 0.05) is 41.4 Å². The molecule has 4 aliphatic rings. The third-order valence-corrected chi connectivity index (χ3v) is 9.07. The van der Waals surface area contributed by atoms with Gasteiger partial charge >= 0.3 is 0 Å². The fourth-order valence-electron chi connectivity index (χ4n) is 7.57. The second-order valence-electron chi connectivity index (χ2n) is 11.0. The number of methoxy groups -OCH3 is 2. The number of likely N-dealkylation sites (N-methyl/N-ethyl adjacent to an activating group) is 1. The largest absolute Gasteiger partial charge is 0.493 e. The molecule has 0 aromatic heterocycles. The van der Waals surface area contributed by atoms with Crippen LogP contribution in [0.3, 0.4) is 0 Å². The SMILES string of the molecule is [3H]OC[C@H]1c2c(c(OCC=C)c(C)c3c2OCO3)CC2C3c4c(cc(C)c(OC)c4OCOC)C[C@@H]([C@H](C#N)N21)N3C. The molecule has 0 radical (unpaired) electrons. The molecule has 4 aliphatic heterocycles. The van der Waals surface area contributed by atoms with Gasteiger partial charge in [-0.3, -0.25) is 9.80 Å². The minimum Gasteiger partial charge on any atom is -0.493 e. The van der Waals surface area contributed by atoms with Crippen molar-refractivity contribution in [2.24, 2.45) is 0 Å². The maximum absolute atomic E-state index is 10.7. The Hall–Kier alpha value is -3.49. The number of aryl methyl sites for hydroxylation is 1. The van der Waals surface area contributed by atoms with Crippen LogP contribution in [-0.4, -0.2) is 82.5 Å². The lowest BCUT2D eigenvalue weighted by molar-refractivity contribution is -0.0832. The number of hydrogen-bond acceptors (Lipinski definition) is 10. The molecule has 0 saturated carbocycles. The summed E-state index contributed by atoms with van der Waals surface area (Å²) < 4.78 is 43.5. The van der Waals surface area contributed by atoms with Crippen molar-refractivity contribution in [1.29, 1.82) is 6.69 Å². The molecule has 0 amide bonds. The number of aliphatic hydroxyl groups is 1. The molecule has 6 rings (SSSR count). The van der Waals surface area contributed by atoms with Gasteiger partial charge in [-0.2, -0.15) is 5.26 Å². The summed E-state index contributed by atoms with van der Waals surface area (Å²) >= 11 is 0. The molecule has 1 saturated heterocycles. The second-order valence-corrected chi connectivity index (χ2v) is 11.0. The first-order valence-corrected chi connectivity index (χ1v) is 13.9. The number of ether oxygens (including phenoxy) is 6. The Morgan fingerprint density at radius 1 is 1.15 bits per heavy atom. The van der Waals surface area contributed by atoms with E-state index in [1.54, 1.807) is 20.3 Å². The number of fused-ring (bicyclic) bond motifs is 9. The van der Waals surface area contributed by atoms with Gasteiger partial charge in [-0.05, 0) is 44.9 Å². The van der Waals surface area contributed by atoms with Gasteiger partial charge in [0.25, 0.3) is 0 Å². The molecular weight excluding hydrogens is 526 g/mol. The molecule has 10 heteroatoms. The predicted molar refractivity (Wildman–Crippen MR) is 150 cm³/mol. The molecule has 218 valence electrons. The van der Waals surface area contributed by atoms with Gasteiger partial charge in [0.1, 0.15) is 18.4 Å². The van der Waals surface area contributed by atoms with E-state index in [2.05, 4.69) is 35.6 Å². The molecule has 10 nitrogen and oxygen atoms in total. The zero-order valence-corrected chi connectivity index (χ0v) is 24.2. The zero-order valence-electron chi connectivity index (χ0n) is 25.2. The van der Waals surface area contributed by atoms with E-state index in [0.29, 0.717) is 42.4 Å². The van der Waals surface area contributed by atoms with Gasteiger partial charge in [-0.25, -0.2) is 0 Å². The molecule has 1 N–H and O–H groups in total. The van der Waals surface area contributed by atoms with Crippen molar-refractivity contribution in [1.82, 2.24) is 9.80 Å². The maximum atomic E-state index is 10.7. The Bertz CT molecular complexity index is 1440. The summed E-state index contributed by atoms with van der Waals surface area (Å²) in [4.78, 5) is 4.54. The number of rotatable bonds is 9. The molecule has 4 heterocycles. The lowest BCUT2D eigenvalue weighted by Crippen LogP contribution is -2.68. The van der Waals surface area contributed by atoms with E-state index < -0.39 is 12.1 Å². The van der Waals surface area contributed by atoms with E-state index in [4.69, 9.17) is 35.0 Å². The van der Waals surface area contributed by atoms with Crippen LogP contribution in [-0.2, 0) is 17.6 Å². The van der Waals surface area contributed by atoms with Crippen molar-refractivity contribution in [3.05, 3.63) is 52.1 Å². The quantitative estimate of drug-likeness (QED) is 0.359. The number of benzene rings is 2. The van der Waals surface area contributed by atoms with Crippen LogP contribution >= 0.6 is 0 Å². The molecule has 0 aliphatic carbocycles. The third kappa shape index (κ3) is 3.98. The number of piperazine rings is 1. The maximum Gasteiger partial charge on any atom is 0.231 e. The zero-order chi connectivity index (χ0) is 29.7. The average Bonchev–Trinajstić information content (AvgIpc) is 3.47. The summed E-state index contributed by atoms with van der Waals surface area (Å²) in [5.41, 5.74) is 5.81. The highest BCUT2D eigenvalue weighted by molar-refractivity contribution is 5.66. The van der Waals surface area contributed by atoms with Crippen LogP contribution in [0.25, 0.3) is 0 Å². The second kappa shape index (κ2) is 10.7. The topological polar surface area (TPSA) is 106 Å². The fourth-order valence-corrected chi connectivity index (χ4v) is 7.57. The number of nitriles is 1. The van der Waals surface area contributed by atoms with Gasteiger partial charge < -0.3 is 33.5 Å². The molecule has 2 unspecified atom stereocenters. The standard InChI is InChI=1S/C31H37N3O7/c1-7-8-38-28-17(3)29-31(41-15-40-29)25-19(28)11-21-26-24-18(9-16(2)27(37-6)30(24)39-14-36-5)10-20(33(26)4)22(12-32)34(21)23(25)13-35/h7,9,20-23,26,35H,1,8,10-11,13-15H2,2-6H3/t20-,21?,22-,23-,26?/m0/s1/i35T. The Balaban J connectivity index is 1.61. The van der Waals surface area contributed by atoms with Crippen molar-refractivity contribution >= 4 is 0 Å². The summed E-state index contributed by atoms with van der Waals surface area (Å²) in [6.07, 6.45) is 2.93. The summed E-state index contributed by atoms with van der Waals surface area (Å²) in [7, 11) is 5.32. The molecular formula is C31H37N3O7. The molecule has 41 heavy (non-hydrogen) atoms. The summed E-state index contributed by atoms with van der Waals surface area (Å²) in [6, 6.07) is 3.42. The van der Waals surface area contributed by atoms with E-state index in [0.717, 1.165) is 39.1 Å². The first-order chi connectivity index (χ1) is 20.4. The Morgan fingerprint density at radius 3 is 2.66 bits per heavy atom. The van der Waals surface area contributed by atoms with Crippen LogP contribution in [0.5, 0.6) is 28.7 Å². The Morgan fingerprint density at radius 2 is 1.95 bits per heavy atom. The van der Waals surface area contributed by atoms with Gasteiger partial charge in [0.15, 0.2) is 29.8 Å². The average molecular weight is 566 g/mol. The highest BCUT2D eigenvalue weighted by Crippen LogP contribution is 2.58. The van der Waals surface area contributed by atoms with Gasteiger partial charge in [-0.15, -0.1) is 0 Å². The lowest BCUT2D eigenvalue weighted by atomic mass is 9.71. The number of hydrogen-bond donors (Lipinski definition) is 1. The number of nitrogens with zero attached hydrogens (tertiary/aromatic N) is 3. The number of aliphatic hydroxyl groups excluding tert-OH is 1. The monoisotopic (exact) mass is 565 g/mol. The Kier molecular flexibility index (Phi) is 6.91. The highest BCUT2D eigenvalue weighted by Gasteiger charge is 2.56. The van der Waals surface area contributed by atoms with Crippen molar-refractivity contribution in [2.45, 2.75) is 56.9 Å². The van der Waals surface area contributed by atoms with E-state index >= 15 is 0 Å². The van der Waals surface area contributed by atoms with Gasteiger partial charge in [0.05, 0.1) is 31.9 Å². The van der Waals surface area contributed by atoms with Crippen LogP contribution < -0.4 is 23.7 Å². The minimum atomic E-state index is -0.472. The smallest absolute Gasteiger partial charge is 0.231 e. The molecule has 5 atom stereocenters. The van der Waals surface area contributed by atoms with Crippen molar-refractivity contribution in [3.8, 4) is 34.8 Å². The van der Waals surface area contributed by atoms with Crippen LogP contribution in [0, 0.1) is 25.2 Å². The first kappa shape index (κ1) is 26.4. The van der Waals surface area contributed by atoms with Crippen LogP contribution in [0.4, 0.5) is 0 Å². The van der Waals surface area contributed by atoms with E-state index in [1.807, 2.05) is 13.8 Å². The minimum absolute atomic E-state index is 0.0434. The summed E-state index contributed by atoms with van der Waals surface area (Å²) in [5, 5.41) is 15.8. The molecule has 2 aromatic carbocycles. The van der Waals surface area contributed by atoms with Crippen LogP contribution in [0.2, 0.25) is 0 Å². The molecule has 0 spiro atoms. The van der Waals surface area contributed by atoms with Gasteiger partial charge in [0.2, 0.25) is 8.22 Å². The van der Waals surface area contributed by atoms with Gasteiger partial charge in [-0.1, -0.05) is 18.7 Å².